The van der Waals surface area contributed by atoms with Crippen molar-refractivity contribution in [1.82, 2.24) is 29.2 Å². The molecule has 5 heterocycles. The van der Waals surface area contributed by atoms with Gasteiger partial charge in [-0.1, -0.05) is 0 Å². The van der Waals surface area contributed by atoms with Gasteiger partial charge in [-0.2, -0.15) is 18.3 Å². The largest absolute Gasteiger partial charge is 0.418 e. The van der Waals surface area contributed by atoms with Crippen molar-refractivity contribution < 1.29 is 27.1 Å². The normalized spacial score (nSPS) is 18.7. The van der Waals surface area contributed by atoms with Gasteiger partial charge in [0.25, 0.3) is 0 Å². The van der Waals surface area contributed by atoms with E-state index in [0.717, 1.165) is 6.07 Å². The Hall–Kier alpha value is -3.80. The van der Waals surface area contributed by atoms with Gasteiger partial charge >= 0.3 is 6.18 Å². The van der Waals surface area contributed by atoms with Crippen molar-refractivity contribution in [1.29, 1.82) is 0 Å². The molecule has 0 bridgehead atoms. The number of halogens is 4. The number of nitrogens with zero attached hydrogens (tertiary/aromatic N) is 6. The second-order valence-electron chi connectivity index (χ2n) is 10.2. The van der Waals surface area contributed by atoms with Crippen LogP contribution in [0.2, 0.25) is 0 Å². The predicted octanol–water partition coefficient (Wildman–Crippen LogP) is 5.08. The maximum absolute atomic E-state index is 15.7. The van der Waals surface area contributed by atoms with E-state index < -0.39 is 23.6 Å². The highest BCUT2D eigenvalue weighted by Gasteiger charge is 2.39. The maximum Gasteiger partial charge on any atom is 0.418 e. The number of carbonyl (C=O) groups excluding carboxylic acids is 1. The molecule has 12 heteroatoms. The van der Waals surface area contributed by atoms with E-state index in [9.17, 15) is 18.0 Å². The Morgan fingerprint density at radius 1 is 1.08 bits per heavy atom. The van der Waals surface area contributed by atoms with E-state index in [1.165, 1.54) is 34.1 Å². The molecule has 0 spiro atoms. The van der Waals surface area contributed by atoms with Gasteiger partial charge in [-0.3, -0.25) is 9.48 Å². The van der Waals surface area contributed by atoms with Crippen LogP contribution >= 0.6 is 0 Å². The Morgan fingerprint density at radius 3 is 2.49 bits per heavy atom. The van der Waals surface area contributed by atoms with Crippen molar-refractivity contribution in [2.24, 2.45) is 7.05 Å². The Balaban J connectivity index is 1.63. The first-order valence-electron chi connectivity index (χ1n) is 12.7. The van der Waals surface area contributed by atoms with Crippen LogP contribution in [0.1, 0.15) is 48.8 Å². The predicted molar refractivity (Wildman–Crippen MR) is 134 cm³/mol. The SMILES string of the molecule is CC1C(=O)N(C)Cc2c(-c3c(F)ccc4nc(-c5cnn(C)c5)c(C(F)(F)F)cc34)nc(C3CCOCC3)n21. The molecular weight excluding hydrogens is 516 g/mol. The molecule has 0 N–H and O–H groups in total. The molecule has 0 radical (unpaired) electrons. The second kappa shape index (κ2) is 9.15. The van der Waals surface area contributed by atoms with Crippen LogP contribution in [0, 0.1) is 5.82 Å². The van der Waals surface area contributed by atoms with Crippen LogP contribution in [-0.4, -0.2) is 55.4 Å². The molecule has 39 heavy (non-hydrogen) atoms. The average Bonchev–Trinajstić information content (AvgIpc) is 3.50. The fraction of sp³-hybridized carbons (Fsp3) is 0.407. The number of imidazole rings is 1. The number of benzene rings is 1. The highest BCUT2D eigenvalue weighted by molar-refractivity contribution is 5.97. The topological polar surface area (TPSA) is 78.1 Å². The monoisotopic (exact) mass is 542 g/mol. The summed E-state index contributed by atoms with van der Waals surface area (Å²) in [5.41, 5.74) is -0.117. The number of amides is 1. The molecule has 1 fully saturated rings. The molecule has 2 aliphatic rings. The molecule has 2 aliphatic heterocycles. The minimum absolute atomic E-state index is 0.00148. The maximum atomic E-state index is 15.7. The van der Waals surface area contributed by atoms with Crippen LogP contribution in [0.15, 0.2) is 30.6 Å². The summed E-state index contributed by atoms with van der Waals surface area (Å²) in [7, 11) is 3.25. The van der Waals surface area contributed by atoms with Crippen LogP contribution in [0.25, 0.3) is 33.4 Å². The third-order valence-corrected chi connectivity index (χ3v) is 7.60. The van der Waals surface area contributed by atoms with Gasteiger partial charge in [-0.05, 0) is 38.0 Å². The summed E-state index contributed by atoms with van der Waals surface area (Å²) in [6.45, 7) is 2.97. The van der Waals surface area contributed by atoms with Crippen molar-refractivity contribution in [3.8, 4) is 22.5 Å². The zero-order valence-corrected chi connectivity index (χ0v) is 21.6. The van der Waals surface area contributed by atoms with Gasteiger partial charge in [0.2, 0.25) is 5.91 Å². The first kappa shape index (κ1) is 25.5. The Labute approximate surface area is 221 Å². The fourth-order valence-corrected chi connectivity index (χ4v) is 5.68. The highest BCUT2D eigenvalue weighted by Crippen LogP contribution is 2.43. The Morgan fingerprint density at radius 2 is 1.82 bits per heavy atom. The smallest absolute Gasteiger partial charge is 0.381 e. The first-order chi connectivity index (χ1) is 18.5. The zero-order valence-electron chi connectivity index (χ0n) is 21.6. The summed E-state index contributed by atoms with van der Waals surface area (Å²) < 4.78 is 67.4. The summed E-state index contributed by atoms with van der Waals surface area (Å²) in [6, 6.07) is 2.93. The Bertz CT molecular complexity index is 1600. The molecule has 1 aromatic carbocycles. The van der Waals surface area contributed by atoms with E-state index in [1.807, 2.05) is 4.57 Å². The lowest BCUT2D eigenvalue weighted by molar-refractivity contribution is -0.137. The summed E-state index contributed by atoms with van der Waals surface area (Å²) in [5, 5.41) is 3.99. The van der Waals surface area contributed by atoms with Crippen LogP contribution in [-0.2, 0) is 29.3 Å². The molecule has 8 nitrogen and oxygen atoms in total. The standard InChI is InChI=1S/C27H26F4N6O2/c1-14-26(38)35(2)13-21-24(34-25(37(14)21)15-6-8-39-9-7-15)22-17-10-18(27(29,30)31)23(16-11-32-36(3)12-16)33-20(17)5-4-19(22)28/h4-5,10-12,14-15H,6-9,13H2,1-3H3. The van der Waals surface area contributed by atoms with Crippen molar-refractivity contribution >= 4 is 16.8 Å². The van der Waals surface area contributed by atoms with Crippen LogP contribution in [0.5, 0.6) is 0 Å². The van der Waals surface area contributed by atoms with Crippen LogP contribution in [0.4, 0.5) is 17.6 Å². The van der Waals surface area contributed by atoms with Gasteiger partial charge in [0.1, 0.15) is 17.7 Å². The number of aromatic nitrogens is 5. The van der Waals surface area contributed by atoms with Gasteiger partial charge in [0, 0.05) is 55.9 Å². The van der Waals surface area contributed by atoms with Gasteiger partial charge in [-0.15, -0.1) is 0 Å². The Kier molecular flexibility index (Phi) is 5.97. The lowest BCUT2D eigenvalue weighted by atomic mass is 9.98. The number of hydrogen-bond acceptors (Lipinski definition) is 5. The molecule has 1 unspecified atom stereocenters. The summed E-state index contributed by atoms with van der Waals surface area (Å²) >= 11 is 0. The third-order valence-electron chi connectivity index (χ3n) is 7.60. The van der Waals surface area contributed by atoms with Gasteiger partial charge in [0.15, 0.2) is 0 Å². The summed E-state index contributed by atoms with van der Waals surface area (Å²) in [6.07, 6.45) is -0.627. The number of aryl methyl sites for hydroxylation is 1. The number of alkyl halides is 3. The number of pyridine rings is 1. The van der Waals surface area contributed by atoms with E-state index in [4.69, 9.17) is 9.72 Å². The van der Waals surface area contributed by atoms with Crippen LogP contribution in [0.3, 0.4) is 0 Å². The van der Waals surface area contributed by atoms with Gasteiger partial charge in [-0.25, -0.2) is 14.4 Å². The molecule has 1 atom stereocenters. The molecule has 6 rings (SSSR count). The molecule has 1 amide bonds. The average molecular weight is 543 g/mol. The highest BCUT2D eigenvalue weighted by atomic mass is 19.4. The molecular formula is C27H26F4N6O2. The first-order valence-corrected chi connectivity index (χ1v) is 12.7. The third kappa shape index (κ3) is 4.17. The van der Waals surface area contributed by atoms with Crippen molar-refractivity contribution in [3.63, 3.8) is 0 Å². The number of carbonyl (C=O) groups is 1. The van der Waals surface area contributed by atoms with Gasteiger partial charge in [0.05, 0.1) is 40.9 Å². The van der Waals surface area contributed by atoms with E-state index in [-0.39, 0.29) is 51.8 Å². The van der Waals surface area contributed by atoms with E-state index in [0.29, 0.717) is 37.6 Å². The quantitative estimate of drug-likeness (QED) is 0.338. The number of fused-ring (bicyclic) bond motifs is 2. The molecule has 0 aliphatic carbocycles. The molecule has 3 aromatic heterocycles. The molecule has 0 saturated carbocycles. The van der Waals surface area contributed by atoms with Crippen molar-refractivity contribution in [3.05, 3.63) is 53.5 Å². The van der Waals surface area contributed by atoms with Crippen molar-refractivity contribution in [2.45, 2.75) is 44.4 Å². The second-order valence-corrected chi connectivity index (χ2v) is 10.2. The lowest BCUT2D eigenvalue weighted by Crippen LogP contribution is -2.40. The van der Waals surface area contributed by atoms with E-state index >= 15 is 4.39 Å². The summed E-state index contributed by atoms with van der Waals surface area (Å²) in [5.74, 6) is -0.216. The van der Waals surface area contributed by atoms with Crippen LogP contribution < -0.4 is 0 Å². The lowest BCUT2D eigenvalue weighted by Gasteiger charge is -2.32. The van der Waals surface area contributed by atoms with E-state index in [1.54, 1.807) is 21.0 Å². The van der Waals surface area contributed by atoms with Crippen molar-refractivity contribution in [2.75, 3.05) is 20.3 Å². The number of likely N-dealkylation sites (N-methyl/N-ethyl adjacent to an activating group) is 1. The number of hydrogen-bond donors (Lipinski definition) is 0. The zero-order chi connectivity index (χ0) is 27.6. The fourth-order valence-electron chi connectivity index (χ4n) is 5.68. The van der Waals surface area contributed by atoms with Gasteiger partial charge < -0.3 is 14.2 Å². The number of ether oxygens (including phenoxy) is 1. The van der Waals surface area contributed by atoms with E-state index in [2.05, 4.69) is 10.1 Å². The molecule has 4 aromatic rings. The number of rotatable bonds is 3. The minimum atomic E-state index is -4.75. The minimum Gasteiger partial charge on any atom is -0.381 e. The molecule has 1 saturated heterocycles. The summed E-state index contributed by atoms with van der Waals surface area (Å²) in [4.78, 5) is 23.6. The molecule has 204 valence electrons.